The number of halogens is 1. The van der Waals surface area contributed by atoms with Gasteiger partial charge in [0, 0.05) is 24.2 Å². The van der Waals surface area contributed by atoms with E-state index in [1.807, 2.05) is 18.2 Å². The lowest BCUT2D eigenvalue weighted by Crippen LogP contribution is -2.39. The minimum atomic E-state index is -0.237. The van der Waals surface area contributed by atoms with E-state index in [9.17, 15) is 4.79 Å². The van der Waals surface area contributed by atoms with Crippen molar-refractivity contribution in [2.45, 2.75) is 19.0 Å². The molecule has 84 valence electrons. The maximum absolute atomic E-state index is 11.6. The van der Waals surface area contributed by atoms with Gasteiger partial charge in [-0.15, -0.1) is 0 Å². The van der Waals surface area contributed by atoms with Crippen molar-refractivity contribution >= 4 is 23.7 Å². The molecule has 4 nitrogen and oxygen atoms in total. The molecule has 0 fully saturated rings. The molecule has 1 aliphatic heterocycles. The number of hydrazone groups is 1. The zero-order valence-electron chi connectivity index (χ0n) is 8.61. The van der Waals surface area contributed by atoms with Crippen LogP contribution < -0.4 is 10.7 Å². The van der Waals surface area contributed by atoms with E-state index >= 15 is 0 Å². The first kappa shape index (κ1) is 11.0. The molecule has 2 N–H and O–H groups in total. The van der Waals surface area contributed by atoms with Gasteiger partial charge in [-0.3, -0.25) is 10.2 Å². The summed E-state index contributed by atoms with van der Waals surface area (Å²) in [6.45, 7) is 0.484. The van der Waals surface area contributed by atoms with Crippen molar-refractivity contribution in [3.8, 4) is 0 Å². The van der Waals surface area contributed by atoms with Crippen molar-refractivity contribution in [3.05, 3.63) is 34.9 Å². The molecule has 1 amide bonds. The predicted molar refractivity (Wildman–Crippen MR) is 63.3 cm³/mol. The first-order valence-electron chi connectivity index (χ1n) is 5.05. The lowest BCUT2D eigenvalue weighted by atomic mass is 10.2. The van der Waals surface area contributed by atoms with E-state index in [1.165, 1.54) is 0 Å². The summed E-state index contributed by atoms with van der Waals surface area (Å²) >= 11 is 5.84. The van der Waals surface area contributed by atoms with Crippen molar-refractivity contribution in [1.29, 1.82) is 0 Å². The van der Waals surface area contributed by atoms with E-state index in [2.05, 4.69) is 15.8 Å². The molecule has 1 aromatic carbocycles. The van der Waals surface area contributed by atoms with Crippen molar-refractivity contribution in [2.75, 3.05) is 0 Å². The van der Waals surface area contributed by atoms with Crippen molar-refractivity contribution in [1.82, 2.24) is 10.7 Å². The number of carbonyl (C=O) groups is 1. The fourth-order valence-electron chi connectivity index (χ4n) is 1.48. The molecule has 5 heteroatoms. The highest BCUT2D eigenvalue weighted by Gasteiger charge is 2.18. The van der Waals surface area contributed by atoms with Crippen LogP contribution in [0.5, 0.6) is 0 Å². The molecule has 0 saturated carbocycles. The second-order valence-corrected chi connectivity index (χ2v) is 4.01. The number of hydrogen-bond donors (Lipinski definition) is 2. The highest BCUT2D eigenvalue weighted by molar-refractivity contribution is 6.30. The van der Waals surface area contributed by atoms with E-state index in [1.54, 1.807) is 12.3 Å². The summed E-state index contributed by atoms with van der Waals surface area (Å²) in [4.78, 5) is 11.6. The third kappa shape index (κ3) is 2.73. The Hall–Kier alpha value is -1.55. The number of carbonyl (C=O) groups excluding carboxylic acids is 1. The average Bonchev–Trinajstić information content (AvgIpc) is 2.79. The second kappa shape index (κ2) is 4.99. The number of benzene rings is 1. The maximum atomic E-state index is 11.6. The Morgan fingerprint density at radius 2 is 2.50 bits per heavy atom. The van der Waals surface area contributed by atoms with Crippen LogP contribution in [0.1, 0.15) is 12.0 Å². The molecule has 16 heavy (non-hydrogen) atoms. The van der Waals surface area contributed by atoms with Gasteiger partial charge in [-0.2, -0.15) is 5.10 Å². The summed E-state index contributed by atoms with van der Waals surface area (Å²) in [7, 11) is 0. The highest BCUT2D eigenvalue weighted by atomic mass is 35.5. The summed E-state index contributed by atoms with van der Waals surface area (Å²) in [6.07, 6.45) is 2.34. The van der Waals surface area contributed by atoms with Gasteiger partial charge in [0.15, 0.2) is 0 Å². The standard InChI is InChI=1S/C11H12ClN3O/c12-9-3-1-2-8(6-9)7-13-11(16)10-4-5-14-15-10/h1-3,5-6,10,15H,4,7H2,(H,13,16). The Labute approximate surface area is 98.7 Å². The van der Waals surface area contributed by atoms with Crippen molar-refractivity contribution < 1.29 is 4.79 Å². The van der Waals surface area contributed by atoms with Gasteiger partial charge < -0.3 is 5.32 Å². The third-order valence-electron chi connectivity index (χ3n) is 2.34. The third-order valence-corrected chi connectivity index (χ3v) is 2.57. The van der Waals surface area contributed by atoms with Crippen LogP contribution in [0.25, 0.3) is 0 Å². The van der Waals surface area contributed by atoms with Crippen LogP contribution in [0, 0.1) is 0 Å². The van der Waals surface area contributed by atoms with E-state index in [0.29, 0.717) is 18.0 Å². The first-order chi connectivity index (χ1) is 7.75. The van der Waals surface area contributed by atoms with E-state index in [4.69, 9.17) is 11.6 Å². The van der Waals surface area contributed by atoms with Gasteiger partial charge >= 0.3 is 0 Å². The van der Waals surface area contributed by atoms with Crippen LogP contribution in [0.4, 0.5) is 0 Å². The van der Waals surface area contributed by atoms with Gasteiger partial charge in [0.2, 0.25) is 5.91 Å². The summed E-state index contributed by atoms with van der Waals surface area (Å²) in [5.74, 6) is -0.0440. The fourth-order valence-corrected chi connectivity index (χ4v) is 1.69. The maximum Gasteiger partial charge on any atom is 0.244 e. The van der Waals surface area contributed by atoms with Gasteiger partial charge in [0.1, 0.15) is 6.04 Å². The zero-order chi connectivity index (χ0) is 11.4. The Morgan fingerprint density at radius 1 is 1.62 bits per heavy atom. The normalized spacial score (nSPS) is 18.2. The van der Waals surface area contributed by atoms with Gasteiger partial charge in [-0.1, -0.05) is 23.7 Å². The number of hydrogen-bond acceptors (Lipinski definition) is 3. The summed E-state index contributed by atoms with van der Waals surface area (Å²) in [6, 6.07) is 7.18. The van der Waals surface area contributed by atoms with Crippen LogP contribution in [-0.4, -0.2) is 18.2 Å². The van der Waals surface area contributed by atoms with Crippen LogP contribution in [0.3, 0.4) is 0 Å². The summed E-state index contributed by atoms with van der Waals surface area (Å²) in [5.41, 5.74) is 3.72. The van der Waals surface area contributed by atoms with Crippen LogP contribution in [0.15, 0.2) is 29.4 Å². The molecule has 1 heterocycles. The second-order valence-electron chi connectivity index (χ2n) is 3.58. The fraction of sp³-hybridized carbons (Fsp3) is 0.273. The topological polar surface area (TPSA) is 53.5 Å². The van der Waals surface area contributed by atoms with E-state index < -0.39 is 0 Å². The molecular formula is C11H12ClN3O. The van der Waals surface area contributed by atoms with E-state index in [0.717, 1.165) is 5.56 Å². The van der Waals surface area contributed by atoms with Crippen LogP contribution in [0.2, 0.25) is 5.02 Å². The Kier molecular flexibility index (Phi) is 3.41. The minimum absolute atomic E-state index is 0.0440. The van der Waals surface area contributed by atoms with Gasteiger partial charge in [-0.05, 0) is 17.7 Å². The predicted octanol–water partition coefficient (Wildman–Crippen LogP) is 1.30. The molecule has 1 aliphatic rings. The summed E-state index contributed by atoms with van der Waals surface area (Å²) < 4.78 is 0. The number of amides is 1. The lowest BCUT2D eigenvalue weighted by molar-refractivity contribution is -0.122. The van der Waals surface area contributed by atoms with Gasteiger partial charge in [-0.25, -0.2) is 0 Å². The molecule has 0 aromatic heterocycles. The Bertz CT molecular complexity index is 411. The molecule has 1 aromatic rings. The molecule has 0 spiro atoms. The highest BCUT2D eigenvalue weighted by Crippen LogP contribution is 2.10. The van der Waals surface area contributed by atoms with Crippen molar-refractivity contribution in [3.63, 3.8) is 0 Å². The van der Waals surface area contributed by atoms with Crippen LogP contribution >= 0.6 is 11.6 Å². The smallest absolute Gasteiger partial charge is 0.244 e. The molecular weight excluding hydrogens is 226 g/mol. The quantitative estimate of drug-likeness (QED) is 0.833. The number of nitrogens with one attached hydrogen (secondary N) is 2. The molecule has 2 rings (SSSR count). The SMILES string of the molecule is O=C(NCc1cccc(Cl)c1)C1CC=NN1. The lowest BCUT2D eigenvalue weighted by Gasteiger charge is -2.10. The summed E-state index contributed by atoms with van der Waals surface area (Å²) in [5, 5.41) is 7.30. The largest absolute Gasteiger partial charge is 0.350 e. The number of nitrogens with zero attached hydrogens (tertiary/aromatic N) is 1. The van der Waals surface area contributed by atoms with Crippen LogP contribution in [-0.2, 0) is 11.3 Å². The molecule has 1 atom stereocenters. The molecule has 1 unspecified atom stereocenters. The molecule has 0 bridgehead atoms. The average molecular weight is 238 g/mol. The van der Waals surface area contributed by atoms with E-state index in [-0.39, 0.29) is 11.9 Å². The van der Waals surface area contributed by atoms with Gasteiger partial charge in [0.25, 0.3) is 0 Å². The Balaban J connectivity index is 1.85. The molecule has 0 radical (unpaired) electrons. The number of rotatable bonds is 3. The molecule has 0 aliphatic carbocycles. The van der Waals surface area contributed by atoms with Gasteiger partial charge in [0.05, 0.1) is 0 Å². The monoisotopic (exact) mass is 237 g/mol. The minimum Gasteiger partial charge on any atom is -0.350 e. The first-order valence-corrected chi connectivity index (χ1v) is 5.43. The molecule has 0 saturated heterocycles. The Morgan fingerprint density at radius 3 is 3.19 bits per heavy atom. The zero-order valence-corrected chi connectivity index (χ0v) is 9.37. The van der Waals surface area contributed by atoms with Crippen molar-refractivity contribution in [2.24, 2.45) is 5.10 Å².